The summed E-state index contributed by atoms with van der Waals surface area (Å²) >= 11 is 0. The Hall–Kier alpha value is -3.86. The minimum absolute atomic E-state index is 0.00711. The quantitative estimate of drug-likeness (QED) is 0.487. The van der Waals surface area contributed by atoms with E-state index in [9.17, 15) is 29.4 Å². The van der Waals surface area contributed by atoms with Gasteiger partial charge in [-0.1, -0.05) is 6.07 Å². The molecule has 2 aromatic rings. The molecule has 0 bridgehead atoms. The van der Waals surface area contributed by atoms with Crippen LogP contribution in [0.15, 0.2) is 29.1 Å². The molecule has 0 atom stereocenters. The van der Waals surface area contributed by atoms with Crippen LogP contribution >= 0.6 is 0 Å². The minimum Gasteiger partial charge on any atom is -0.507 e. The second-order valence-electron chi connectivity index (χ2n) is 6.57. The summed E-state index contributed by atoms with van der Waals surface area (Å²) < 4.78 is 11.7. The normalized spacial score (nSPS) is 17.1. The molecular weight excluding hydrogens is 386 g/mol. The zero-order valence-electron chi connectivity index (χ0n) is 15.0. The van der Waals surface area contributed by atoms with Crippen molar-refractivity contribution in [1.82, 2.24) is 15.2 Å². The van der Waals surface area contributed by atoms with Crippen LogP contribution < -0.4 is 25.7 Å². The number of aromatic nitrogens is 1. The number of barbiturate groups is 1. The number of amides is 4. The summed E-state index contributed by atoms with van der Waals surface area (Å²) in [6.45, 7) is 1.61. The number of aromatic hydroxyl groups is 1. The first kappa shape index (κ1) is 18.5. The van der Waals surface area contributed by atoms with Crippen LogP contribution in [-0.2, 0) is 21.7 Å². The number of pyridine rings is 1. The zero-order chi connectivity index (χ0) is 20.9. The van der Waals surface area contributed by atoms with Gasteiger partial charge < -0.3 is 24.3 Å². The van der Waals surface area contributed by atoms with Gasteiger partial charge in [-0.25, -0.2) is 4.79 Å². The molecule has 11 heteroatoms. The number of nitrogens with zero attached hydrogens (tertiary/aromatic N) is 1. The van der Waals surface area contributed by atoms with Crippen molar-refractivity contribution in [1.29, 1.82) is 0 Å². The van der Waals surface area contributed by atoms with Crippen LogP contribution in [0, 0.1) is 6.92 Å². The Morgan fingerprint density at radius 1 is 1.07 bits per heavy atom. The average Bonchev–Trinajstić information content (AvgIpc) is 3.11. The van der Waals surface area contributed by atoms with Gasteiger partial charge in [-0.2, -0.15) is 0 Å². The molecule has 4 rings (SSSR count). The monoisotopic (exact) mass is 401 g/mol. The highest BCUT2D eigenvalue weighted by molar-refractivity contribution is 6.21. The van der Waals surface area contributed by atoms with Gasteiger partial charge in [-0.15, -0.1) is 0 Å². The Labute approximate surface area is 162 Å². The van der Waals surface area contributed by atoms with E-state index in [1.54, 1.807) is 28.8 Å². The highest BCUT2D eigenvalue weighted by Crippen LogP contribution is 2.33. The van der Waals surface area contributed by atoms with E-state index in [1.807, 2.05) is 0 Å². The molecule has 1 fully saturated rings. The first-order valence-electron chi connectivity index (χ1n) is 8.43. The van der Waals surface area contributed by atoms with Crippen LogP contribution in [0.1, 0.15) is 16.8 Å². The number of rotatable bonds is 3. The molecule has 0 unspecified atom stereocenters. The third-order valence-corrected chi connectivity index (χ3v) is 4.74. The highest BCUT2D eigenvalue weighted by atomic mass is 16.7. The molecule has 0 spiro atoms. The predicted octanol–water partition coefficient (Wildman–Crippen LogP) is -0.807. The number of nitrogens with one attached hydrogen (secondary N) is 2. The minimum atomic E-state index is -3.07. The van der Waals surface area contributed by atoms with Crippen LogP contribution in [0.3, 0.4) is 0 Å². The number of carbonyl (C=O) groups is 3. The first-order chi connectivity index (χ1) is 13.7. The lowest BCUT2D eigenvalue weighted by Gasteiger charge is -2.29. The number of benzene rings is 1. The third-order valence-electron chi connectivity index (χ3n) is 4.74. The maximum absolute atomic E-state index is 13.1. The number of fused-ring (bicyclic) bond motifs is 1. The fraction of sp³-hybridized carbons (Fsp3) is 0.222. The lowest BCUT2D eigenvalue weighted by molar-refractivity contribution is -0.156. The molecular formula is C18H15N3O8. The fourth-order valence-corrected chi connectivity index (χ4v) is 3.26. The molecule has 1 aromatic heterocycles. The molecule has 0 aliphatic carbocycles. The van der Waals surface area contributed by atoms with Gasteiger partial charge >= 0.3 is 6.03 Å². The summed E-state index contributed by atoms with van der Waals surface area (Å²) in [7, 11) is 0. The maximum atomic E-state index is 13.1. The van der Waals surface area contributed by atoms with Crippen molar-refractivity contribution in [2.24, 2.45) is 0 Å². The van der Waals surface area contributed by atoms with Crippen molar-refractivity contribution >= 4 is 17.8 Å². The van der Waals surface area contributed by atoms with E-state index in [4.69, 9.17) is 9.47 Å². The van der Waals surface area contributed by atoms with E-state index < -0.39 is 40.3 Å². The predicted molar refractivity (Wildman–Crippen MR) is 94.3 cm³/mol. The number of ether oxygens (including phenoxy) is 2. The number of urea groups is 1. The molecule has 1 saturated heterocycles. The number of hydrogen-bond acceptors (Lipinski definition) is 8. The van der Waals surface area contributed by atoms with Crippen LogP contribution in [0.2, 0.25) is 0 Å². The fourth-order valence-electron chi connectivity index (χ4n) is 3.26. The van der Waals surface area contributed by atoms with E-state index in [1.165, 1.54) is 11.5 Å². The topological polar surface area (TPSA) is 156 Å². The summed E-state index contributed by atoms with van der Waals surface area (Å²) in [6.07, 6.45) is 0. The van der Waals surface area contributed by atoms with Gasteiger partial charge in [-0.3, -0.25) is 25.0 Å². The lowest BCUT2D eigenvalue weighted by Crippen LogP contribution is -2.66. The second kappa shape index (κ2) is 6.34. The van der Waals surface area contributed by atoms with Gasteiger partial charge in [0.1, 0.15) is 11.3 Å². The maximum Gasteiger partial charge on any atom is 0.328 e. The Bertz CT molecular complexity index is 1120. The number of hydrogen-bond donors (Lipinski definition) is 4. The van der Waals surface area contributed by atoms with Crippen LogP contribution in [-0.4, -0.2) is 39.4 Å². The van der Waals surface area contributed by atoms with E-state index in [0.29, 0.717) is 22.8 Å². The molecule has 4 amide bonds. The van der Waals surface area contributed by atoms with Gasteiger partial charge in [-0.05, 0) is 30.7 Å². The van der Waals surface area contributed by atoms with Crippen molar-refractivity contribution in [3.63, 3.8) is 0 Å². The lowest BCUT2D eigenvalue weighted by atomic mass is 9.90. The second-order valence-corrected chi connectivity index (χ2v) is 6.57. The van der Waals surface area contributed by atoms with Crippen LogP contribution in [0.5, 0.6) is 17.2 Å². The van der Waals surface area contributed by atoms with Crippen molar-refractivity contribution < 1.29 is 34.1 Å². The van der Waals surface area contributed by atoms with Crippen LogP contribution in [0.25, 0.3) is 0 Å². The molecule has 3 heterocycles. The summed E-state index contributed by atoms with van der Waals surface area (Å²) in [6, 6.07) is 5.02. The van der Waals surface area contributed by atoms with Crippen molar-refractivity contribution in [2.75, 3.05) is 6.79 Å². The summed E-state index contributed by atoms with van der Waals surface area (Å²) in [5.74, 6) is -2.57. The van der Waals surface area contributed by atoms with Crippen LogP contribution in [0.4, 0.5) is 4.79 Å². The van der Waals surface area contributed by atoms with Gasteiger partial charge in [0.2, 0.25) is 6.79 Å². The number of imide groups is 2. The summed E-state index contributed by atoms with van der Waals surface area (Å²) in [5.41, 5.74) is -3.95. The number of aliphatic hydroxyl groups is 1. The average molecular weight is 401 g/mol. The molecule has 11 nitrogen and oxygen atoms in total. The number of aryl methyl sites for hydroxylation is 1. The van der Waals surface area contributed by atoms with Gasteiger partial charge in [0.25, 0.3) is 23.0 Å². The van der Waals surface area contributed by atoms with E-state index >= 15 is 0 Å². The molecule has 2 aliphatic rings. The van der Waals surface area contributed by atoms with Crippen molar-refractivity contribution in [3.8, 4) is 17.2 Å². The first-order valence-corrected chi connectivity index (χ1v) is 8.43. The van der Waals surface area contributed by atoms with E-state index in [2.05, 4.69) is 0 Å². The smallest absolute Gasteiger partial charge is 0.328 e. The van der Waals surface area contributed by atoms with Crippen molar-refractivity contribution in [2.45, 2.75) is 19.1 Å². The molecule has 4 N–H and O–H groups in total. The molecule has 150 valence electrons. The Morgan fingerprint density at radius 3 is 2.41 bits per heavy atom. The van der Waals surface area contributed by atoms with Gasteiger partial charge in [0.05, 0.1) is 6.54 Å². The molecule has 0 saturated carbocycles. The highest BCUT2D eigenvalue weighted by Gasteiger charge is 2.54. The largest absolute Gasteiger partial charge is 0.507 e. The number of carbonyl (C=O) groups excluding carboxylic acids is 3. The Morgan fingerprint density at radius 2 is 1.72 bits per heavy atom. The molecule has 0 radical (unpaired) electrons. The van der Waals surface area contributed by atoms with Crippen molar-refractivity contribution in [3.05, 3.63) is 51.4 Å². The summed E-state index contributed by atoms with van der Waals surface area (Å²) in [5, 5.41) is 24.4. The SMILES string of the molecule is Cc1cc(O)c(C2(O)C(=O)NC(=O)NC2=O)c(=O)n1Cc1ccc2c(c1)OCO2. The Balaban J connectivity index is 1.81. The van der Waals surface area contributed by atoms with E-state index in [0.717, 1.165) is 6.07 Å². The standard InChI is InChI=1S/C18H15N3O8/c1-8-4-10(22)13(18(27)15(24)19-17(26)20-16(18)25)14(23)21(8)6-9-2-3-11-12(5-9)29-7-28-11/h2-5,22,27H,6-7H2,1H3,(H2,19,20,24,25,26). The Kier molecular flexibility index (Phi) is 4.05. The zero-order valence-corrected chi connectivity index (χ0v) is 15.0. The summed E-state index contributed by atoms with van der Waals surface area (Å²) in [4.78, 5) is 48.7. The molecule has 2 aliphatic heterocycles. The molecule has 29 heavy (non-hydrogen) atoms. The molecule has 1 aromatic carbocycles. The van der Waals surface area contributed by atoms with E-state index in [-0.39, 0.29) is 13.3 Å². The van der Waals surface area contributed by atoms with Gasteiger partial charge in [0.15, 0.2) is 11.5 Å². The van der Waals surface area contributed by atoms with Gasteiger partial charge in [0, 0.05) is 5.69 Å². The third kappa shape index (κ3) is 2.79.